The maximum atomic E-state index is 12.9. The van der Waals surface area contributed by atoms with Gasteiger partial charge in [0.25, 0.3) is 5.91 Å². The number of carbonyl (C=O) groups excluding carboxylic acids is 3. The Hall–Kier alpha value is -2.41. The van der Waals surface area contributed by atoms with Gasteiger partial charge in [0, 0.05) is 23.9 Å². The second-order valence-corrected chi connectivity index (χ2v) is 8.23. The van der Waals surface area contributed by atoms with Crippen molar-refractivity contribution in [3.05, 3.63) is 28.8 Å². The van der Waals surface area contributed by atoms with E-state index in [9.17, 15) is 14.4 Å². The molecule has 2 N–H and O–H groups in total. The molecule has 0 bridgehead atoms. The molecule has 1 aromatic rings. The van der Waals surface area contributed by atoms with Gasteiger partial charge < -0.3 is 15.0 Å². The van der Waals surface area contributed by atoms with Crippen molar-refractivity contribution in [1.29, 1.82) is 0 Å². The lowest BCUT2D eigenvalue weighted by molar-refractivity contribution is -0.136. The van der Waals surface area contributed by atoms with E-state index in [1.54, 1.807) is 4.90 Å². The van der Waals surface area contributed by atoms with Crippen molar-refractivity contribution in [1.82, 2.24) is 15.5 Å². The fourth-order valence-electron chi connectivity index (χ4n) is 4.88. The van der Waals surface area contributed by atoms with Crippen molar-refractivity contribution in [3.8, 4) is 5.75 Å². The van der Waals surface area contributed by atoms with Crippen molar-refractivity contribution in [2.75, 3.05) is 19.7 Å². The number of benzene rings is 1. The molecule has 27 heavy (non-hydrogen) atoms. The number of piperidine rings is 2. The molecule has 3 amide bonds. The van der Waals surface area contributed by atoms with E-state index in [0.29, 0.717) is 25.1 Å². The summed E-state index contributed by atoms with van der Waals surface area (Å²) in [5.74, 6) is 0.0167. The average molecular weight is 369 g/mol. The lowest BCUT2D eigenvalue weighted by Crippen LogP contribution is -2.52. The van der Waals surface area contributed by atoms with Crippen LogP contribution in [-0.2, 0) is 22.6 Å². The van der Waals surface area contributed by atoms with Crippen molar-refractivity contribution < 1.29 is 19.1 Å². The summed E-state index contributed by atoms with van der Waals surface area (Å²) in [6.07, 6.45) is 3.84. The third-order valence-electron chi connectivity index (χ3n) is 6.47. The van der Waals surface area contributed by atoms with Crippen LogP contribution in [0.2, 0.25) is 0 Å². The largest absolute Gasteiger partial charge is 0.493 e. The SMILES string of the molecule is O=C1CC[C@H](N2Cc3cc4c(cc3C2=O)OCC2(CCNCC2)C4)C(=O)N1. The van der Waals surface area contributed by atoms with Crippen LogP contribution in [0.15, 0.2) is 12.1 Å². The lowest BCUT2D eigenvalue weighted by Gasteiger charge is -2.41. The van der Waals surface area contributed by atoms with Gasteiger partial charge in [-0.2, -0.15) is 0 Å². The number of rotatable bonds is 1. The van der Waals surface area contributed by atoms with Gasteiger partial charge in [0.15, 0.2) is 0 Å². The molecule has 0 unspecified atom stereocenters. The van der Waals surface area contributed by atoms with Crippen molar-refractivity contribution in [2.24, 2.45) is 5.41 Å². The molecule has 2 fully saturated rings. The van der Waals surface area contributed by atoms with E-state index >= 15 is 0 Å². The first-order chi connectivity index (χ1) is 13.0. The Morgan fingerprint density at radius 1 is 1.11 bits per heavy atom. The second-order valence-electron chi connectivity index (χ2n) is 8.23. The summed E-state index contributed by atoms with van der Waals surface area (Å²) >= 11 is 0. The molecule has 0 saturated carbocycles. The molecule has 0 aliphatic carbocycles. The van der Waals surface area contributed by atoms with Crippen LogP contribution in [-0.4, -0.2) is 48.4 Å². The van der Waals surface area contributed by atoms with Gasteiger partial charge in [-0.3, -0.25) is 19.7 Å². The van der Waals surface area contributed by atoms with Crippen LogP contribution in [0.1, 0.15) is 47.2 Å². The zero-order valence-electron chi connectivity index (χ0n) is 15.2. The van der Waals surface area contributed by atoms with Crippen LogP contribution in [0.3, 0.4) is 0 Å². The van der Waals surface area contributed by atoms with Crippen LogP contribution in [0.4, 0.5) is 0 Å². The first kappa shape index (κ1) is 16.7. The second kappa shape index (κ2) is 6.05. The highest BCUT2D eigenvalue weighted by Gasteiger charge is 2.42. The molecule has 0 aromatic heterocycles. The summed E-state index contributed by atoms with van der Waals surface area (Å²) in [6.45, 7) is 3.16. The fraction of sp³-hybridized carbons (Fsp3) is 0.550. The molecule has 1 spiro atoms. The normalized spacial score (nSPS) is 26.4. The molecule has 4 aliphatic heterocycles. The predicted molar refractivity (Wildman–Crippen MR) is 96.2 cm³/mol. The third-order valence-corrected chi connectivity index (χ3v) is 6.47. The molecular formula is C20H23N3O4. The number of fused-ring (bicyclic) bond motifs is 2. The predicted octanol–water partition coefficient (Wildman–Crippen LogP) is 0.752. The maximum absolute atomic E-state index is 12.9. The monoisotopic (exact) mass is 369 g/mol. The summed E-state index contributed by atoms with van der Waals surface area (Å²) in [5, 5.41) is 5.75. The van der Waals surface area contributed by atoms with Gasteiger partial charge in [0.2, 0.25) is 11.8 Å². The fourth-order valence-corrected chi connectivity index (χ4v) is 4.88. The summed E-state index contributed by atoms with van der Waals surface area (Å²) < 4.78 is 6.08. The summed E-state index contributed by atoms with van der Waals surface area (Å²) in [7, 11) is 0. The Balaban J connectivity index is 1.41. The number of amides is 3. The van der Waals surface area contributed by atoms with Crippen LogP contribution in [0.25, 0.3) is 0 Å². The number of ether oxygens (including phenoxy) is 1. The van der Waals surface area contributed by atoms with E-state index in [4.69, 9.17) is 4.74 Å². The highest BCUT2D eigenvalue weighted by Crippen LogP contribution is 2.42. The Morgan fingerprint density at radius 2 is 1.93 bits per heavy atom. The first-order valence-corrected chi connectivity index (χ1v) is 9.69. The maximum Gasteiger partial charge on any atom is 0.255 e. The summed E-state index contributed by atoms with van der Waals surface area (Å²) in [4.78, 5) is 38.1. The van der Waals surface area contributed by atoms with E-state index in [0.717, 1.165) is 43.7 Å². The molecule has 5 rings (SSSR count). The molecule has 1 atom stereocenters. The zero-order valence-corrected chi connectivity index (χ0v) is 15.2. The van der Waals surface area contributed by atoms with Crippen molar-refractivity contribution in [3.63, 3.8) is 0 Å². The number of carbonyl (C=O) groups is 3. The minimum atomic E-state index is -0.573. The standard InChI is InChI=1S/C20H23N3O4/c24-17-2-1-15(18(25)22-17)23-10-13-7-12-9-20(3-5-21-6-4-20)11-27-16(12)8-14(13)19(23)26/h7-8,15,21H,1-6,9-11H2,(H,22,24,25)/t15-/m0/s1. The first-order valence-electron chi connectivity index (χ1n) is 9.69. The summed E-state index contributed by atoms with van der Waals surface area (Å²) in [5.41, 5.74) is 2.94. The molecule has 0 radical (unpaired) electrons. The smallest absolute Gasteiger partial charge is 0.255 e. The Labute approximate surface area is 157 Å². The highest BCUT2D eigenvalue weighted by molar-refractivity contribution is 6.05. The number of imide groups is 1. The molecule has 142 valence electrons. The Morgan fingerprint density at radius 3 is 2.70 bits per heavy atom. The number of hydrogen-bond donors (Lipinski definition) is 2. The minimum absolute atomic E-state index is 0.145. The number of hydrogen-bond acceptors (Lipinski definition) is 5. The molecule has 7 heteroatoms. The number of nitrogens with one attached hydrogen (secondary N) is 2. The molecular weight excluding hydrogens is 346 g/mol. The van der Waals surface area contributed by atoms with Gasteiger partial charge in [0.05, 0.1) is 6.61 Å². The van der Waals surface area contributed by atoms with Crippen LogP contribution in [0, 0.1) is 5.41 Å². The van der Waals surface area contributed by atoms with E-state index < -0.39 is 6.04 Å². The Bertz CT molecular complexity index is 844. The molecule has 1 aromatic carbocycles. The van der Waals surface area contributed by atoms with Gasteiger partial charge in [-0.05, 0) is 62.0 Å². The van der Waals surface area contributed by atoms with Gasteiger partial charge in [0.1, 0.15) is 11.8 Å². The average Bonchev–Trinajstić information content (AvgIpc) is 2.96. The van der Waals surface area contributed by atoms with Gasteiger partial charge in [-0.1, -0.05) is 0 Å². The summed E-state index contributed by atoms with van der Waals surface area (Å²) in [6, 6.07) is 3.38. The number of nitrogens with zero attached hydrogens (tertiary/aromatic N) is 1. The van der Waals surface area contributed by atoms with E-state index in [1.165, 1.54) is 5.56 Å². The van der Waals surface area contributed by atoms with Crippen LogP contribution < -0.4 is 15.4 Å². The molecule has 7 nitrogen and oxygen atoms in total. The van der Waals surface area contributed by atoms with Gasteiger partial charge >= 0.3 is 0 Å². The van der Waals surface area contributed by atoms with E-state index in [1.807, 2.05) is 6.07 Å². The minimum Gasteiger partial charge on any atom is -0.493 e. The lowest BCUT2D eigenvalue weighted by atomic mass is 9.73. The van der Waals surface area contributed by atoms with E-state index in [2.05, 4.69) is 16.7 Å². The third kappa shape index (κ3) is 2.72. The van der Waals surface area contributed by atoms with Crippen LogP contribution >= 0.6 is 0 Å². The molecule has 2 saturated heterocycles. The molecule has 4 aliphatic rings. The van der Waals surface area contributed by atoms with Gasteiger partial charge in [-0.15, -0.1) is 0 Å². The zero-order chi connectivity index (χ0) is 18.6. The topological polar surface area (TPSA) is 87.7 Å². The quantitative estimate of drug-likeness (QED) is 0.714. The van der Waals surface area contributed by atoms with Gasteiger partial charge in [-0.25, -0.2) is 0 Å². The van der Waals surface area contributed by atoms with Crippen molar-refractivity contribution in [2.45, 2.75) is 44.7 Å². The van der Waals surface area contributed by atoms with E-state index in [-0.39, 0.29) is 29.6 Å². The Kier molecular flexibility index (Phi) is 3.75. The molecule has 4 heterocycles. The highest BCUT2D eigenvalue weighted by atomic mass is 16.5. The van der Waals surface area contributed by atoms with Crippen molar-refractivity contribution >= 4 is 17.7 Å². The van der Waals surface area contributed by atoms with Crippen LogP contribution in [0.5, 0.6) is 5.75 Å².